The third-order valence-electron chi connectivity index (χ3n) is 4.65. The van der Waals surface area contributed by atoms with Crippen LogP contribution in [0.5, 0.6) is 0 Å². The molecule has 2 aromatic carbocycles. The lowest BCUT2D eigenvalue weighted by atomic mass is 10.0. The molecule has 0 radical (unpaired) electrons. The molecule has 1 aliphatic rings. The normalized spacial score (nSPS) is 14.4. The van der Waals surface area contributed by atoms with Crippen molar-refractivity contribution in [2.24, 2.45) is 0 Å². The van der Waals surface area contributed by atoms with Crippen molar-refractivity contribution < 1.29 is 25.6 Å². The van der Waals surface area contributed by atoms with Crippen molar-refractivity contribution in [2.45, 2.75) is 21.9 Å². The summed E-state index contributed by atoms with van der Waals surface area (Å²) in [7, 11) is -7.97. The number of hydrogen-bond donors (Lipinski definition) is 1. The van der Waals surface area contributed by atoms with Crippen LogP contribution >= 0.6 is 11.3 Å². The molecule has 6 nitrogen and oxygen atoms in total. The van der Waals surface area contributed by atoms with Gasteiger partial charge in [-0.2, -0.15) is 0 Å². The quantitative estimate of drug-likeness (QED) is 0.612. The molecule has 3 aromatic rings. The van der Waals surface area contributed by atoms with E-state index in [0.717, 1.165) is 29.0 Å². The zero-order valence-electron chi connectivity index (χ0n) is 15.4. The Morgan fingerprint density at radius 3 is 2.47 bits per heavy atom. The third-order valence-corrected chi connectivity index (χ3v) is 9.22. The Balaban J connectivity index is 1.70. The maximum absolute atomic E-state index is 13.5. The Hall–Kier alpha value is -2.50. The van der Waals surface area contributed by atoms with Crippen molar-refractivity contribution in [3.63, 3.8) is 0 Å². The molecule has 1 N–H and O–H groups in total. The molecule has 4 rings (SSSR count). The van der Waals surface area contributed by atoms with E-state index in [1.807, 2.05) is 0 Å². The zero-order valence-corrected chi connectivity index (χ0v) is 17.8. The predicted molar refractivity (Wildman–Crippen MR) is 111 cm³/mol. The molecule has 0 spiro atoms. The predicted octanol–water partition coefficient (Wildman–Crippen LogP) is 3.97. The van der Waals surface area contributed by atoms with Crippen LogP contribution in [0.3, 0.4) is 0 Å². The monoisotopic (exact) mass is 470 g/mol. The number of thiophene rings is 1. The summed E-state index contributed by atoms with van der Waals surface area (Å²) in [6.07, 6.45) is 1.29. The zero-order chi connectivity index (χ0) is 21.5. The van der Waals surface area contributed by atoms with Crippen LogP contribution in [0.15, 0.2) is 63.0 Å². The second-order valence-electron chi connectivity index (χ2n) is 6.64. The highest BCUT2D eigenvalue weighted by Gasteiger charge is 2.30. The van der Waals surface area contributed by atoms with Crippen LogP contribution < -0.4 is 9.03 Å². The van der Waals surface area contributed by atoms with Gasteiger partial charge in [0.2, 0.25) is 0 Å². The molecule has 0 saturated carbocycles. The van der Waals surface area contributed by atoms with Crippen LogP contribution in [-0.4, -0.2) is 23.4 Å². The number of fused-ring (bicyclic) bond motifs is 1. The molecular weight excluding hydrogens is 454 g/mol. The third kappa shape index (κ3) is 3.80. The molecule has 11 heteroatoms. The Labute approximate surface area is 176 Å². The van der Waals surface area contributed by atoms with Gasteiger partial charge in [-0.3, -0.25) is 9.03 Å². The first-order valence-corrected chi connectivity index (χ1v) is 12.7. The molecule has 2 heterocycles. The lowest BCUT2D eigenvalue weighted by Crippen LogP contribution is -2.35. The second kappa shape index (κ2) is 7.64. The fourth-order valence-corrected chi connectivity index (χ4v) is 6.93. The van der Waals surface area contributed by atoms with Crippen LogP contribution in [0.1, 0.15) is 12.0 Å². The molecule has 0 atom stereocenters. The molecule has 1 aliphatic heterocycles. The van der Waals surface area contributed by atoms with Crippen molar-refractivity contribution in [2.75, 3.05) is 15.6 Å². The highest BCUT2D eigenvalue weighted by molar-refractivity contribution is 7.94. The Morgan fingerprint density at radius 2 is 1.77 bits per heavy atom. The van der Waals surface area contributed by atoms with Crippen LogP contribution in [0.25, 0.3) is 0 Å². The highest BCUT2D eigenvalue weighted by Crippen LogP contribution is 2.35. The van der Waals surface area contributed by atoms with Crippen LogP contribution in [0.4, 0.5) is 20.2 Å². The molecule has 158 valence electrons. The number of halogens is 2. The summed E-state index contributed by atoms with van der Waals surface area (Å²) >= 11 is 1.10. The molecular formula is C19H16F2N2O4S3. The summed E-state index contributed by atoms with van der Waals surface area (Å²) in [6, 6.07) is 10.0. The first kappa shape index (κ1) is 20.8. The SMILES string of the molecule is O=S(=O)(Nc1ccc2c(c1)N(S(=O)(=O)c1cccs1)CCC2)c1ccc(F)c(F)c1. The van der Waals surface area contributed by atoms with E-state index in [0.29, 0.717) is 24.6 Å². The van der Waals surface area contributed by atoms with E-state index in [1.165, 1.54) is 22.5 Å². The average molecular weight is 471 g/mol. The van der Waals surface area contributed by atoms with E-state index < -0.39 is 36.6 Å². The van der Waals surface area contributed by atoms with E-state index in [9.17, 15) is 25.6 Å². The fraction of sp³-hybridized carbons (Fsp3) is 0.158. The lowest BCUT2D eigenvalue weighted by molar-refractivity contribution is 0.504. The highest BCUT2D eigenvalue weighted by atomic mass is 32.2. The first-order chi connectivity index (χ1) is 14.2. The molecule has 30 heavy (non-hydrogen) atoms. The minimum absolute atomic E-state index is 0.117. The topological polar surface area (TPSA) is 83.6 Å². The lowest BCUT2D eigenvalue weighted by Gasteiger charge is -2.30. The maximum Gasteiger partial charge on any atom is 0.273 e. The van der Waals surface area contributed by atoms with Crippen LogP contribution in [0.2, 0.25) is 0 Å². The van der Waals surface area contributed by atoms with Crippen molar-refractivity contribution in [3.8, 4) is 0 Å². The van der Waals surface area contributed by atoms with Gasteiger partial charge < -0.3 is 0 Å². The summed E-state index contributed by atoms with van der Waals surface area (Å²) in [6.45, 7) is 0.270. The van der Waals surface area contributed by atoms with Gasteiger partial charge in [0.15, 0.2) is 11.6 Å². The summed E-state index contributed by atoms with van der Waals surface area (Å²) < 4.78 is 81.5. The molecule has 0 aliphatic carbocycles. The standard InChI is InChI=1S/C19H16F2N2O4S3/c20-16-8-7-15(12-17(16)21)29(24,25)22-14-6-5-13-3-1-9-23(18(13)11-14)30(26,27)19-4-2-10-28-19/h2,4-8,10-12,22H,1,3,9H2. The van der Waals surface area contributed by atoms with Gasteiger partial charge in [0.1, 0.15) is 4.21 Å². The summed E-state index contributed by atoms with van der Waals surface area (Å²) in [4.78, 5) is -0.442. The number of nitrogens with zero attached hydrogens (tertiary/aromatic N) is 1. The molecule has 0 bridgehead atoms. The minimum Gasteiger partial charge on any atom is -0.280 e. The summed E-state index contributed by atoms with van der Waals surface area (Å²) in [5.41, 5.74) is 1.28. The van der Waals surface area contributed by atoms with Gasteiger partial charge in [0.25, 0.3) is 20.0 Å². The number of hydrogen-bond acceptors (Lipinski definition) is 5. The van der Waals surface area contributed by atoms with Crippen molar-refractivity contribution in [3.05, 3.63) is 71.1 Å². The number of rotatable bonds is 5. The molecule has 0 amide bonds. The van der Waals surface area contributed by atoms with Crippen molar-refractivity contribution >= 4 is 42.8 Å². The molecule has 1 aromatic heterocycles. The first-order valence-electron chi connectivity index (χ1n) is 8.85. The smallest absolute Gasteiger partial charge is 0.273 e. The summed E-state index contributed by atoms with van der Waals surface area (Å²) in [5.74, 6) is -2.44. The Morgan fingerprint density at radius 1 is 0.967 bits per heavy atom. The minimum atomic E-state index is -4.20. The largest absolute Gasteiger partial charge is 0.280 e. The molecule has 0 fully saturated rings. The van der Waals surface area contributed by atoms with E-state index in [2.05, 4.69) is 4.72 Å². The van der Waals surface area contributed by atoms with E-state index in [1.54, 1.807) is 17.5 Å². The van der Waals surface area contributed by atoms with Crippen LogP contribution in [-0.2, 0) is 26.5 Å². The van der Waals surface area contributed by atoms with Crippen LogP contribution in [0, 0.1) is 11.6 Å². The van der Waals surface area contributed by atoms with E-state index in [-0.39, 0.29) is 16.4 Å². The van der Waals surface area contributed by atoms with Crippen molar-refractivity contribution in [1.29, 1.82) is 0 Å². The van der Waals surface area contributed by atoms with E-state index in [4.69, 9.17) is 0 Å². The summed E-state index contributed by atoms with van der Waals surface area (Å²) in [5, 5.41) is 1.67. The van der Waals surface area contributed by atoms with Gasteiger partial charge in [-0.05, 0) is 60.2 Å². The maximum atomic E-state index is 13.5. The molecule has 0 unspecified atom stereocenters. The Kier molecular flexibility index (Phi) is 5.28. The number of benzene rings is 2. The van der Waals surface area contributed by atoms with Gasteiger partial charge in [0, 0.05) is 6.54 Å². The number of sulfonamides is 2. The van der Waals surface area contributed by atoms with Gasteiger partial charge in [-0.25, -0.2) is 25.6 Å². The number of anilines is 2. The second-order valence-corrected chi connectivity index (χ2v) is 11.4. The van der Waals surface area contributed by atoms with E-state index >= 15 is 0 Å². The van der Waals surface area contributed by atoms with Gasteiger partial charge in [-0.1, -0.05) is 12.1 Å². The van der Waals surface area contributed by atoms with Crippen molar-refractivity contribution in [1.82, 2.24) is 0 Å². The fourth-order valence-electron chi connectivity index (χ4n) is 3.23. The molecule has 0 saturated heterocycles. The number of aryl methyl sites for hydroxylation is 1. The number of nitrogens with one attached hydrogen (secondary N) is 1. The van der Waals surface area contributed by atoms with Gasteiger partial charge in [-0.15, -0.1) is 11.3 Å². The average Bonchev–Trinajstić information content (AvgIpc) is 3.25. The van der Waals surface area contributed by atoms with Gasteiger partial charge >= 0.3 is 0 Å². The van der Waals surface area contributed by atoms with Gasteiger partial charge in [0.05, 0.1) is 16.3 Å². The Bertz CT molecular complexity index is 1310.